The van der Waals surface area contributed by atoms with Crippen LogP contribution in [0.15, 0.2) is 24.3 Å². The van der Waals surface area contributed by atoms with Crippen LogP contribution in [0.3, 0.4) is 0 Å². The molecule has 2 nitrogen and oxygen atoms in total. The van der Waals surface area contributed by atoms with E-state index in [1.807, 2.05) is 0 Å². The van der Waals surface area contributed by atoms with Crippen molar-refractivity contribution in [1.82, 2.24) is 0 Å². The molecule has 2 heteroatoms. The van der Waals surface area contributed by atoms with Crippen LogP contribution in [0, 0.1) is 0 Å². The molecule has 0 saturated heterocycles. The zero-order valence-corrected chi connectivity index (χ0v) is 10.00. The smallest absolute Gasteiger partial charge is 0.0819 e. The van der Waals surface area contributed by atoms with Crippen LogP contribution in [0.1, 0.15) is 38.2 Å². The second-order valence-corrected chi connectivity index (χ2v) is 4.84. The number of benzene rings is 1. The molecule has 0 aliphatic heterocycles. The molecule has 0 radical (unpaired) electrons. The molecule has 1 aromatic rings. The summed E-state index contributed by atoms with van der Waals surface area (Å²) in [6, 6.07) is 8.44. The van der Waals surface area contributed by atoms with Gasteiger partial charge in [0.1, 0.15) is 0 Å². The average molecular weight is 219 g/mol. The minimum Gasteiger partial charge on any atom is -0.388 e. The number of aliphatic hydroxyl groups is 1. The molecule has 1 fully saturated rings. The predicted octanol–water partition coefficient (Wildman–Crippen LogP) is 2.97. The van der Waals surface area contributed by atoms with E-state index >= 15 is 0 Å². The highest BCUT2D eigenvalue weighted by Gasteiger charge is 2.30. The fourth-order valence-electron chi connectivity index (χ4n) is 2.38. The third-order valence-electron chi connectivity index (χ3n) is 3.49. The van der Waals surface area contributed by atoms with Crippen molar-refractivity contribution in [3.8, 4) is 0 Å². The second-order valence-electron chi connectivity index (χ2n) is 4.84. The number of aryl methyl sites for hydroxylation is 1. The van der Waals surface area contributed by atoms with Crippen molar-refractivity contribution >= 4 is 5.69 Å². The van der Waals surface area contributed by atoms with Gasteiger partial charge in [-0.1, -0.05) is 31.9 Å². The molecule has 88 valence electrons. The molecule has 1 aromatic carbocycles. The van der Waals surface area contributed by atoms with Gasteiger partial charge in [0.05, 0.1) is 5.60 Å². The zero-order valence-electron chi connectivity index (χ0n) is 10.00. The standard InChI is InChI=1S/C14H21NO/c1-2-12-6-5-7-13(10-12)15-11-14(16)8-3-4-9-14/h5-7,10,15-16H,2-4,8-9,11H2,1H3. The molecular formula is C14H21NO. The first-order valence-electron chi connectivity index (χ1n) is 6.27. The Morgan fingerprint density at radius 1 is 1.31 bits per heavy atom. The van der Waals surface area contributed by atoms with Crippen LogP contribution < -0.4 is 5.32 Å². The summed E-state index contributed by atoms with van der Waals surface area (Å²) in [5.41, 5.74) is 1.99. The molecule has 2 N–H and O–H groups in total. The molecule has 0 amide bonds. The molecule has 0 unspecified atom stereocenters. The highest BCUT2D eigenvalue weighted by Crippen LogP contribution is 2.29. The van der Waals surface area contributed by atoms with Gasteiger partial charge in [0.15, 0.2) is 0 Å². The summed E-state index contributed by atoms with van der Waals surface area (Å²) >= 11 is 0. The van der Waals surface area contributed by atoms with Gasteiger partial charge in [0.25, 0.3) is 0 Å². The van der Waals surface area contributed by atoms with Gasteiger partial charge in [-0.15, -0.1) is 0 Å². The molecular weight excluding hydrogens is 198 g/mol. The summed E-state index contributed by atoms with van der Waals surface area (Å²) in [7, 11) is 0. The predicted molar refractivity (Wildman–Crippen MR) is 67.7 cm³/mol. The molecule has 0 spiro atoms. The van der Waals surface area contributed by atoms with Crippen molar-refractivity contribution in [3.63, 3.8) is 0 Å². The van der Waals surface area contributed by atoms with Gasteiger partial charge in [-0.05, 0) is 37.0 Å². The highest BCUT2D eigenvalue weighted by atomic mass is 16.3. The van der Waals surface area contributed by atoms with Crippen LogP contribution in [0.2, 0.25) is 0 Å². The highest BCUT2D eigenvalue weighted by molar-refractivity contribution is 5.46. The third kappa shape index (κ3) is 2.76. The van der Waals surface area contributed by atoms with E-state index in [2.05, 4.69) is 36.5 Å². The molecule has 0 aromatic heterocycles. The normalized spacial score (nSPS) is 18.6. The molecule has 1 saturated carbocycles. The lowest BCUT2D eigenvalue weighted by Gasteiger charge is -2.23. The van der Waals surface area contributed by atoms with Crippen molar-refractivity contribution in [2.45, 2.75) is 44.6 Å². The minimum absolute atomic E-state index is 0.470. The van der Waals surface area contributed by atoms with Crippen LogP contribution in [0.5, 0.6) is 0 Å². The lowest BCUT2D eigenvalue weighted by atomic mass is 10.0. The van der Waals surface area contributed by atoms with E-state index in [0.717, 1.165) is 37.8 Å². The zero-order chi connectivity index (χ0) is 11.4. The maximum absolute atomic E-state index is 10.2. The molecule has 1 aliphatic carbocycles. The molecule has 0 atom stereocenters. The van der Waals surface area contributed by atoms with Gasteiger partial charge in [-0.25, -0.2) is 0 Å². The van der Waals surface area contributed by atoms with Gasteiger partial charge < -0.3 is 10.4 Å². The maximum Gasteiger partial charge on any atom is 0.0819 e. The van der Waals surface area contributed by atoms with Gasteiger partial charge >= 0.3 is 0 Å². The van der Waals surface area contributed by atoms with E-state index in [-0.39, 0.29) is 0 Å². The first-order valence-corrected chi connectivity index (χ1v) is 6.27. The van der Waals surface area contributed by atoms with Gasteiger partial charge in [0, 0.05) is 12.2 Å². The molecule has 0 bridgehead atoms. The lowest BCUT2D eigenvalue weighted by Crippen LogP contribution is -2.33. The van der Waals surface area contributed by atoms with Gasteiger partial charge in [0.2, 0.25) is 0 Å². The SMILES string of the molecule is CCc1cccc(NCC2(O)CCCC2)c1. The van der Waals surface area contributed by atoms with Crippen LogP contribution in [0.4, 0.5) is 5.69 Å². The summed E-state index contributed by atoms with van der Waals surface area (Å²) in [5, 5.41) is 13.6. The number of hydrogen-bond acceptors (Lipinski definition) is 2. The second kappa shape index (κ2) is 4.88. The Balaban J connectivity index is 1.93. The topological polar surface area (TPSA) is 32.3 Å². The van der Waals surface area contributed by atoms with Crippen molar-refractivity contribution in [2.24, 2.45) is 0 Å². The summed E-state index contributed by atoms with van der Waals surface area (Å²) in [4.78, 5) is 0. The van der Waals surface area contributed by atoms with Gasteiger partial charge in [-0.2, -0.15) is 0 Å². The monoisotopic (exact) mass is 219 g/mol. The quantitative estimate of drug-likeness (QED) is 0.816. The minimum atomic E-state index is -0.470. The third-order valence-corrected chi connectivity index (χ3v) is 3.49. The molecule has 2 rings (SSSR count). The first-order chi connectivity index (χ1) is 7.72. The Bertz CT molecular complexity index is 342. The Labute approximate surface area is 97.7 Å². The number of hydrogen-bond donors (Lipinski definition) is 2. The number of anilines is 1. The van der Waals surface area contributed by atoms with E-state index in [1.54, 1.807) is 0 Å². The van der Waals surface area contributed by atoms with Crippen LogP contribution in [-0.2, 0) is 6.42 Å². The van der Waals surface area contributed by atoms with Gasteiger partial charge in [-0.3, -0.25) is 0 Å². The summed E-state index contributed by atoms with van der Waals surface area (Å²) in [5.74, 6) is 0. The summed E-state index contributed by atoms with van der Waals surface area (Å²) in [6.07, 6.45) is 5.25. The van der Waals surface area contributed by atoms with E-state index in [4.69, 9.17) is 0 Å². The van der Waals surface area contributed by atoms with Crippen LogP contribution in [-0.4, -0.2) is 17.3 Å². The number of nitrogens with one attached hydrogen (secondary N) is 1. The van der Waals surface area contributed by atoms with Crippen molar-refractivity contribution in [2.75, 3.05) is 11.9 Å². The fourth-order valence-corrected chi connectivity index (χ4v) is 2.38. The Morgan fingerprint density at radius 2 is 2.06 bits per heavy atom. The maximum atomic E-state index is 10.2. The van der Waals surface area contributed by atoms with E-state index in [9.17, 15) is 5.11 Å². The molecule has 1 aliphatic rings. The van der Waals surface area contributed by atoms with Crippen molar-refractivity contribution in [3.05, 3.63) is 29.8 Å². The van der Waals surface area contributed by atoms with Crippen LogP contribution >= 0.6 is 0 Å². The molecule has 0 heterocycles. The number of rotatable bonds is 4. The molecule has 16 heavy (non-hydrogen) atoms. The summed E-state index contributed by atoms with van der Waals surface area (Å²) in [6.45, 7) is 2.84. The fraction of sp³-hybridized carbons (Fsp3) is 0.571. The average Bonchev–Trinajstić information content (AvgIpc) is 2.75. The lowest BCUT2D eigenvalue weighted by molar-refractivity contribution is 0.0615. The van der Waals surface area contributed by atoms with E-state index < -0.39 is 5.60 Å². The first kappa shape index (κ1) is 11.5. The Hall–Kier alpha value is -1.02. The Morgan fingerprint density at radius 3 is 2.75 bits per heavy atom. The van der Waals surface area contributed by atoms with Crippen molar-refractivity contribution < 1.29 is 5.11 Å². The van der Waals surface area contributed by atoms with Crippen molar-refractivity contribution in [1.29, 1.82) is 0 Å². The summed E-state index contributed by atoms with van der Waals surface area (Å²) < 4.78 is 0. The van der Waals surface area contributed by atoms with Crippen LogP contribution in [0.25, 0.3) is 0 Å². The van der Waals surface area contributed by atoms with E-state index in [0.29, 0.717) is 6.54 Å². The Kier molecular flexibility index (Phi) is 3.49. The van der Waals surface area contributed by atoms with E-state index in [1.165, 1.54) is 5.56 Å². The largest absolute Gasteiger partial charge is 0.388 e.